The van der Waals surface area contributed by atoms with Crippen molar-refractivity contribution in [3.8, 4) is 11.3 Å². The van der Waals surface area contributed by atoms with Gasteiger partial charge in [0, 0.05) is 24.7 Å². The average molecular weight is 609 g/mol. The fourth-order valence-corrected chi connectivity index (χ4v) is 6.26. The van der Waals surface area contributed by atoms with Crippen molar-refractivity contribution in [2.75, 3.05) is 5.32 Å². The number of hydrogen-bond acceptors (Lipinski definition) is 4. The average Bonchev–Trinajstić information content (AvgIpc) is 3.67. The number of fused-ring (bicyclic) bond motifs is 1. The maximum absolute atomic E-state index is 13.4. The minimum atomic E-state index is -0.0775. The zero-order valence-electron chi connectivity index (χ0n) is 23.2. The lowest BCUT2D eigenvalue weighted by atomic mass is 9.84. The third-order valence-electron chi connectivity index (χ3n) is 8.13. The molecule has 1 amide bonds. The predicted molar refractivity (Wildman–Crippen MR) is 168 cm³/mol. The highest BCUT2D eigenvalue weighted by Gasteiger charge is 2.31. The number of carbonyl (C=O) groups is 1. The molecule has 1 aliphatic carbocycles. The maximum atomic E-state index is 13.4. The third-order valence-corrected chi connectivity index (χ3v) is 8.68. The second kappa shape index (κ2) is 12.3. The Morgan fingerprint density at radius 1 is 0.951 bits per heavy atom. The van der Waals surface area contributed by atoms with Crippen LogP contribution in [0.5, 0.6) is 0 Å². The zero-order valence-corrected chi connectivity index (χ0v) is 24.8. The Bertz CT molecular complexity index is 1640. The molecule has 1 saturated carbocycles. The monoisotopic (exact) mass is 607 g/mol. The number of benzene rings is 3. The first-order chi connectivity index (χ1) is 20.1. The van der Waals surface area contributed by atoms with Crippen molar-refractivity contribution in [3.63, 3.8) is 0 Å². The molecule has 6 nitrogen and oxygen atoms in total. The maximum Gasteiger partial charge on any atom is 0.228 e. The molecule has 2 aromatic heterocycles. The Balaban J connectivity index is 1.13. The Kier molecular flexibility index (Phi) is 8.14. The Morgan fingerprint density at radius 3 is 2.37 bits per heavy atom. The number of anilines is 1. The third kappa shape index (κ3) is 6.05. The van der Waals surface area contributed by atoms with Crippen LogP contribution in [-0.4, -0.2) is 20.5 Å². The number of rotatable bonds is 9. The van der Waals surface area contributed by atoms with Crippen LogP contribution in [0.3, 0.4) is 0 Å². The van der Waals surface area contributed by atoms with Gasteiger partial charge in [-0.15, -0.1) is 0 Å². The van der Waals surface area contributed by atoms with E-state index < -0.39 is 0 Å². The standard InChI is InChI=1S/C34H34BrN5O/c1-23-9-5-8-14-28(23)30-19-31(40-33(39-30)29(35)22-38-40)36-20-24-15-17-25(18-16-24)21-37-34(41)32(27-12-6-7-13-27)26-10-3-2-4-11-26/h2-5,8-11,14-19,22,27,32,36H,6-7,12-13,20-21H2,1H3,(H,37,41). The van der Waals surface area contributed by atoms with E-state index in [0.29, 0.717) is 19.0 Å². The molecule has 1 atom stereocenters. The molecule has 6 rings (SSSR count). The molecule has 0 spiro atoms. The molecule has 41 heavy (non-hydrogen) atoms. The summed E-state index contributed by atoms with van der Waals surface area (Å²) in [6, 6.07) is 29.0. The number of halogens is 1. The minimum absolute atomic E-state index is 0.0775. The van der Waals surface area contributed by atoms with Gasteiger partial charge in [0.25, 0.3) is 0 Å². The van der Waals surface area contributed by atoms with Crippen LogP contribution < -0.4 is 10.6 Å². The Hall–Kier alpha value is -3.97. The Labute approximate surface area is 249 Å². The summed E-state index contributed by atoms with van der Waals surface area (Å²) in [5.74, 6) is 1.35. The molecule has 0 radical (unpaired) electrons. The van der Waals surface area contributed by atoms with Crippen molar-refractivity contribution in [3.05, 3.63) is 118 Å². The van der Waals surface area contributed by atoms with E-state index in [-0.39, 0.29) is 11.8 Å². The molecule has 5 aromatic rings. The summed E-state index contributed by atoms with van der Waals surface area (Å²) in [6.07, 6.45) is 6.45. The van der Waals surface area contributed by atoms with Gasteiger partial charge < -0.3 is 10.6 Å². The van der Waals surface area contributed by atoms with Gasteiger partial charge in [-0.05, 0) is 63.9 Å². The second-order valence-electron chi connectivity index (χ2n) is 10.9. The number of hydrogen-bond donors (Lipinski definition) is 2. The highest BCUT2D eigenvalue weighted by Crippen LogP contribution is 2.37. The summed E-state index contributed by atoms with van der Waals surface area (Å²) in [4.78, 5) is 18.2. The van der Waals surface area contributed by atoms with Crippen LogP contribution in [0.4, 0.5) is 5.82 Å². The lowest BCUT2D eigenvalue weighted by Crippen LogP contribution is -2.32. The molecule has 208 valence electrons. The fourth-order valence-electron chi connectivity index (χ4n) is 5.92. The summed E-state index contributed by atoms with van der Waals surface area (Å²) in [7, 11) is 0. The molecule has 1 unspecified atom stereocenters. The minimum Gasteiger partial charge on any atom is -0.366 e. The van der Waals surface area contributed by atoms with Crippen molar-refractivity contribution in [1.82, 2.24) is 19.9 Å². The molecule has 7 heteroatoms. The molecule has 2 heterocycles. The molecule has 0 bridgehead atoms. The highest BCUT2D eigenvalue weighted by molar-refractivity contribution is 9.10. The van der Waals surface area contributed by atoms with E-state index in [9.17, 15) is 4.79 Å². The molecule has 0 aliphatic heterocycles. The summed E-state index contributed by atoms with van der Waals surface area (Å²) < 4.78 is 2.67. The van der Waals surface area contributed by atoms with Crippen LogP contribution in [0.1, 0.15) is 53.9 Å². The first kappa shape index (κ1) is 27.2. The first-order valence-corrected chi connectivity index (χ1v) is 15.1. The van der Waals surface area contributed by atoms with E-state index in [0.717, 1.165) is 56.7 Å². The van der Waals surface area contributed by atoms with Gasteiger partial charge >= 0.3 is 0 Å². The van der Waals surface area contributed by atoms with Crippen molar-refractivity contribution >= 4 is 33.3 Å². The predicted octanol–water partition coefficient (Wildman–Crippen LogP) is 7.67. The zero-order chi connectivity index (χ0) is 28.2. The normalized spacial score (nSPS) is 14.3. The van der Waals surface area contributed by atoms with Crippen molar-refractivity contribution in [1.29, 1.82) is 0 Å². The number of nitrogens with one attached hydrogen (secondary N) is 2. The topological polar surface area (TPSA) is 71.3 Å². The largest absolute Gasteiger partial charge is 0.366 e. The molecule has 1 fully saturated rings. The molecule has 3 aromatic carbocycles. The summed E-state index contributed by atoms with van der Waals surface area (Å²) in [5, 5.41) is 11.3. The van der Waals surface area contributed by atoms with Crippen LogP contribution >= 0.6 is 15.9 Å². The fraction of sp³-hybridized carbons (Fsp3) is 0.265. The lowest BCUT2D eigenvalue weighted by molar-refractivity contribution is -0.123. The van der Waals surface area contributed by atoms with E-state index in [1.54, 1.807) is 6.20 Å². The number of aromatic nitrogens is 3. The number of aryl methyl sites for hydroxylation is 1. The SMILES string of the molecule is Cc1ccccc1-c1cc(NCc2ccc(CNC(=O)C(c3ccccc3)C3CCCC3)cc2)n2ncc(Br)c2n1. The van der Waals surface area contributed by atoms with Gasteiger partial charge in [-0.25, -0.2) is 4.98 Å². The molecule has 1 aliphatic rings. The van der Waals surface area contributed by atoms with E-state index >= 15 is 0 Å². The van der Waals surface area contributed by atoms with Gasteiger partial charge in [-0.2, -0.15) is 9.61 Å². The summed E-state index contributed by atoms with van der Waals surface area (Å²) in [6.45, 7) is 3.25. The van der Waals surface area contributed by atoms with Crippen LogP contribution in [0, 0.1) is 12.8 Å². The van der Waals surface area contributed by atoms with Gasteiger partial charge in [-0.3, -0.25) is 4.79 Å². The van der Waals surface area contributed by atoms with Crippen molar-refractivity contribution in [2.24, 2.45) is 5.92 Å². The molecular formula is C34H34BrN5O. The quantitative estimate of drug-likeness (QED) is 0.180. The number of carbonyl (C=O) groups excluding carboxylic acids is 1. The van der Waals surface area contributed by atoms with Gasteiger partial charge in [-0.1, -0.05) is 91.7 Å². The highest BCUT2D eigenvalue weighted by atomic mass is 79.9. The molecule has 0 saturated heterocycles. The van der Waals surface area contributed by atoms with Crippen LogP contribution in [-0.2, 0) is 17.9 Å². The molecule has 2 N–H and O–H groups in total. The van der Waals surface area contributed by atoms with Crippen LogP contribution in [0.2, 0.25) is 0 Å². The smallest absolute Gasteiger partial charge is 0.228 e. The van der Waals surface area contributed by atoms with Gasteiger partial charge in [0.1, 0.15) is 5.82 Å². The van der Waals surface area contributed by atoms with Crippen molar-refractivity contribution < 1.29 is 4.79 Å². The van der Waals surface area contributed by atoms with Gasteiger partial charge in [0.15, 0.2) is 5.65 Å². The molecular weight excluding hydrogens is 574 g/mol. The first-order valence-electron chi connectivity index (χ1n) is 14.3. The van der Waals surface area contributed by atoms with E-state index in [2.05, 4.69) is 87.1 Å². The Morgan fingerprint density at radius 2 is 1.63 bits per heavy atom. The summed E-state index contributed by atoms with van der Waals surface area (Å²) >= 11 is 3.59. The van der Waals surface area contributed by atoms with E-state index in [1.807, 2.05) is 40.9 Å². The number of nitrogens with zero attached hydrogens (tertiary/aromatic N) is 3. The number of amides is 1. The van der Waals surface area contributed by atoms with Gasteiger partial charge in [0.05, 0.1) is 22.3 Å². The van der Waals surface area contributed by atoms with Gasteiger partial charge in [0.2, 0.25) is 5.91 Å². The summed E-state index contributed by atoms with van der Waals surface area (Å²) in [5.41, 5.74) is 7.29. The van der Waals surface area contributed by atoms with E-state index in [1.165, 1.54) is 18.4 Å². The van der Waals surface area contributed by atoms with Crippen molar-refractivity contribution in [2.45, 2.75) is 51.6 Å². The lowest BCUT2D eigenvalue weighted by Gasteiger charge is -2.23. The van der Waals surface area contributed by atoms with Crippen LogP contribution in [0.25, 0.3) is 16.9 Å². The van der Waals surface area contributed by atoms with Crippen LogP contribution in [0.15, 0.2) is 95.6 Å². The van der Waals surface area contributed by atoms with E-state index in [4.69, 9.17) is 4.98 Å². The second-order valence-corrected chi connectivity index (χ2v) is 11.7.